The molecular weight excluding hydrogens is 258 g/mol. The zero-order chi connectivity index (χ0) is 13.7. The number of hydrogen-bond acceptors (Lipinski definition) is 1. The van der Waals surface area contributed by atoms with Crippen molar-refractivity contribution >= 4 is 17.5 Å². The van der Waals surface area contributed by atoms with Gasteiger partial charge >= 0.3 is 0 Å². The Labute approximate surface area is 120 Å². The fourth-order valence-electron chi connectivity index (χ4n) is 3.08. The maximum atomic E-state index is 11.7. The Bertz CT molecular complexity index is 438. The number of hydrogen-bond donors (Lipinski definition) is 1. The maximum Gasteiger partial charge on any atom is 0.235 e. The standard InChI is InChI=1S/C16H22ClNO/c1-13-7-3-4-8-14(13)11-16(18-15(19)12-17)9-5-2-6-10-16/h3-4,7-8H,2,5-6,9-12H2,1H3,(H,18,19). The van der Waals surface area contributed by atoms with E-state index in [4.69, 9.17) is 11.6 Å². The fourth-order valence-corrected chi connectivity index (χ4v) is 3.14. The van der Waals surface area contributed by atoms with Gasteiger partial charge in [0.25, 0.3) is 0 Å². The highest BCUT2D eigenvalue weighted by Crippen LogP contribution is 2.32. The molecule has 1 saturated carbocycles. The van der Waals surface area contributed by atoms with E-state index < -0.39 is 0 Å². The van der Waals surface area contributed by atoms with Gasteiger partial charge in [-0.25, -0.2) is 0 Å². The van der Waals surface area contributed by atoms with Gasteiger partial charge in [-0.05, 0) is 37.3 Å². The summed E-state index contributed by atoms with van der Waals surface area (Å²) in [6.07, 6.45) is 6.69. The van der Waals surface area contributed by atoms with Crippen LogP contribution >= 0.6 is 11.6 Å². The van der Waals surface area contributed by atoms with Crippen molar-refractivity contribution in [2.75, 3.05) is 5.88 Å². The number of alkyl halides is 1. The van der Waals surface area contributed by atoms with Crippen molar-refractivity contribution in [3.05, 3.63) is 35.4 Å². The maximum absolute atomic E-state index is 11.7. The molecule has 0 aromatic heterocycles. The lowest BCUT2D eigenvalue weighted by molar-refractivity contribution is -0.121. The summed E-state index contributed by atoms with van der Waals surface area (Å²) in [6.45, 7) is 2.13. The van der Waals surface area contributed by atoms with Crippen molar-refractivity contribution in [2.45, 2.75) is 51.0 Å². The van der Waals surface area contributed by atoms with Gasteiger partial charge in [0.05, 0.1) is 0 Å². The van der Waals surface area contributed by atoms with Gasteiger partial charge in [-0.2, -0.15) is 0 Å². The van der Waals surface area contributed by atoms with Crippen molar-refractivity contribution in [2.24, 2.45) is 0 Å². The van der Waals surface area contributed by atoms with E-state index in [9.17, 15) is 4.79 Å². The van der Waals surface area contributed by atoms with Crippen LogP contribution < -0.4 is 5.32 Å². The van der Waals surface area contributed by atoms with Crippen LogP contribution in [0.1, 0.15) is 43.2 Å². The Hall–Kier alpha value is -1.02. The molecule has 0 atom stereocenters. The van der Waals surface area contributed by atoms with Crippen LogP contribution in [0.2, 0.25) is 0 Å². The molecule has 0 unspecified atom stereocenters. The summed E-state index contributed by atoms with van der Waals surface area (Å²) in [5.74, 6) is 0.00681. The average molecular weight is 280 g/mol. The lowest BCUT2D eigenvalue weighted by Crippen LogP contribution is -2.51. The normalized spacial score (nSPS) is 18.0. The van der Waals surface area contributed by atoms with E-state index in [0.717, 1.165) is 19.3 Å². The Morgan fingerprint density at radius 2 is 1.95 bits per heavy atom. The highest BCUT2D eigenvalue weighted by Gasteiger charge is 2.33. The molecule has 0 spiro atoms. The number of halogens is 1. The van der Waals surface area contributed by atoms with Crippen LogP contribution in [0, 0.1) is 6.92 Å². The van der Waals surface area contributed by atoms with Crippen LogP contribution in [-0.2, 0) is 11.2 Å². The first kappa shape index (κ1) is 14.4. The molecule has 0 heterocycles. The van der Waals surface area contributed by atoms with Crippen LogP contribution in [0.15, 0.2) is 24.3 Å². The fraction of sp³-hybridized carbons (Fsp3) is 0.562. The van der Waals surface area contributed by atoms with E-state index >= 15 is 0 Å². The van der Waals surface area contributed by atoms with Gasteiger partial charge < -0.3 is 5.32 Å². The molecule has 1 aliphatic carbocycles. The van der Waals surface area contributed by atoms with Crippen LogP contribution in [0.25, 0.3) is 0 Å². The molecule has 2 rings (SSSR count). The Morgan fingerprint density at radius 3 is 2.58 bits per heavy atom. The van der Waals surface area contributed by atoms with Crippen LogP contribution in [0.4, 0.5) is 0 Å². The molecule has 0 radical (unpaired) electrons. The van der Waals surface area contributed by atoms with E-state index in [-0.39, 0.29) is 17.3 Å². The van der Waals surface area contributed by atoms with Crippen molar-refractivity contribution in [1.29, 1.82) is 0 Å². The van der Waals surface area contributed by atoms with E-state index in [1.165, 1.54) is 30.4 Å². The molecule has 1 fully saturated rings. The topological polar surface area (TPSA) is 29.1 Å². The van der Waals surface area contributed by atoms with Gasteiger partial charge in [-0.15, -0.1) is 11.6 Å². The molecular formula is C16H22ClNO. The van der Waals surface area contributed by atoms with Crippen LogP contribution in [0.5, 0.6) is 0 Å². The highest BCUT2D eigenvalue weighted by atomic mass is 35.5. The molecule has 1 N–H and O–H groups in total. The van der Waals surface area contributed by atoms with Crippen molar-refractivity contribution in [3.63, 3.8) is 0 Å². The zero-order valence-electron chi connectivity index (χ0n) is 11.5. The number of rotatable bonds is 4. The number of aryl methyl sites for hydroxylation is 1. The molecule has 3 heteroatoms. The molecule has 104 valence electrons. The first-order chi connectivity index (χ1) is 9.15. The summed E-state index contributed by atoms with van der Waals surface area (Å²) >= 11 is 5.66. The lowest BCUT2D eigenvalue weighted by Gasteiger charge is -2.38. The minimum Gasteiger partial charge on any atom is -0.349 e. The molecule has 1 amide bonds. The summed E-state index contributed by atoms with van der Waals surface area (Å²) < 4.78 is 0. The summed E-state index contributed by atoms with van der Waals surface area (Å²) in [5.41, 5.74) is 2.54. The molecule has 1 aromatic rings. The van der Waals surface area contributed by atoms with Gasteiger partial charge in [0.15, 0.2) is 0 Å². The van der Waals surface area contributed by atoms with Gasteiger partial charge in [0.2, 0.25) is 5.91 Å². The van der Waals surface area contributed by atoms with Crippen LogP contribution in [0.3, 0.4) is 0 Å². The first-order valence-electron chi connectivity index (χ1n) is 7.07. The predicted molar refractivity (Wildman–Crippen MR) is 79.6 cm³/mol. The number of carbonyl (C=O) groups excluding carboxylic acids is 1. The number of nitrogens with one attached hydrogen (secondary N) is 1. The van der Waals surface area contributed by atoms with E-state index in [1.54, 1.807) is 0 Å². The predicted octanol–water partition coefficient (Wildman–Crippen LogP) is 3.60. The zero-order valence-corrected chi connectivity index (χ0v) is 12.3. The quantitative estimate of drug-likeness (QED) is 0.839. The smallest absolute Gasteiger partial charge is 0.235 e. The van der Waals surface area contributed by atoms with Crippen molar-refractivity contribution < 1.29 is 4.79 Å². The lowest BCUT2D eigenvalue weighted by atomic mass is 9.77. The second-order valence-corrected chi connectivity index (χ2v) is 5.89. The van der Waals surface area contributed by atoms with E-state index in [2.05, 4.69) is 36.5 Å². The minimum atomic E-state index is -0.0870. The van der Waals surface area contributed by atoms with Crippen molar-refractivity contribution in [3.8, 4) is 0 Å². The van der Waals surface area contributed by atoms with Gasteiger partial charge in [-0.1, -0.05) is 43.5 Å². The highest BCUT2D eigenvalue weighted by molar-refractivity contribution is 6.27. The molecule has 0 saturated heterocycles. The second-order valence-electron chi connectivity index (χ2n) is 5.63. The Kier molecular flexibility index (Phi) is 4.87. The summed E-state index contributed by atoms with van der Waals surface area (Å²) in [7, 11) is 0. The third kappa shape index (κ3) is 3.73. The van der Waals surface area contributed by atoms with Gasteiger partial charge in [0.1, 0.15) is 5.88 Å². The average Bonchev–Trinajstić information content (AvgIpc) is 2.42. The van der Waals surface area contributed by atoms with Crippen LogP contribution in [-0.4, -0.2) is 17.3 Å². The second kappa shape index (κ2) is 6.42. The SMILES string of the molecule is Cc1ccccc1CC1(NC(=O)CCl)CCCCC1. The van der Waals surface area contributed by atoms with E-state index in [1.807, 2.05) is 0 Å². The Morgan fingerprint density at radius 1 is 1.26 bits per heavy atom. The van der Waals surface area contributed by atoms with Gasteiger partial charge in [0, 0.05) is 5.54 Å². The molecule has 0 aliphatic heterocycles. The van der Waals surface area contributed by atoms with Gasteiger partial charge in [-0.3, -0.25) is 4.79 Å². The van der Waals surface area contributed by atoms with Crippen molar-refractivity contribution in [1.82, 2.24) is 5.32 Å². The number of amides is 1. The molecule has 0 bridgehead atoms. The third-order valence-corrected chi connectivity index (χ3v) is 4.37. The summed E-state index contributed by atoms with van der Waals surface area (Å²) in [4.78, 5) is 11.7. The first-order valence-corrected chi connectivity index (χ1v) is 7.60. The number of carbonyl (C=O) groups is 1. The monoisotopic (exact) mass is 279 g/mol. The molecule has 1 aromatic carbocycles. The molecule has 2 nitrogen and oxygen atoms in total. The minimum absolute atomic E-state index is 0.0443. The molecule has 19 heavy (non-hydrogen) atoms. The third-order valence-electron chi connectivity index (χ3n) is 4.13. The number of benzene rings is 1. The molecule has 1 aliphatic rings. The Balaban J connectivity index is 2.18. The van der Waals surface area contributed by atoms with E-state index in [0.29, 0.717) is 0 Å². The summed E-state index contributed by atoms with van der Waals surface area (Å²) in [5, 5.41) is 3.19. The summed E-state index contributed by atoms with van der Waals surface area (Å²) in [6, 6.07) is 8.43. The largest absolute Gasteiger partial charge is 0.349 e.